The fraction of sp³-hybridized carbons (Fsp3) is 0.250. The third kappa shape index (κ3) is 3.91. The van der Waals surface area contributed by atoms with E-state index >= 15 is 0 Å². The van der Waals surface area contributed by atoms with Crippen LogP contribution in [0.2, 0.25) is 0 Å². The maximum Gasteiger partial charge on any atom is 0.125 e. The van der Waals surface area contributed by atoms with E-state index in [1.54, 1.807) is 16.9 Å². The molecule has 1 N–H and O–H groups in total. The molecule has 0 radical (unpaired) electrons. The number of aryl methyl sites for hydroxylation is 2. The van der Waals surface area contributed by atoms with Crippen LogP contribution in [0.4, 0.5) is 4.39 Å². The lowest BCUT2D eigenvalue weighted by molar-refractivity contribution is 0.568. The number of halogens is 1. The molecule has 30 heavy (non-hydrogen) atoms. The minimum atomic E-state index is -0.267. The molecule has 0 aliphatic carbocycles. The van der Waals surface area contributed by atoms with Gasteiger partial charge in [0, 0.05) is 36.2 Å². The van der Waals surface area contributed by atoms with Crippen molar-refractivity contribution in [2.45, 2.75) is 40.3 Å². The number of nitrogens with zero attached hydrogens (tertiary/aromatic N) is 4. The van der Waals surface area contributed by atoms with E-state index in [9.17, 15) is 4.39 Å². The first-order valence-electron chi connectivity index (χ1n) is 10.1. The fourth-order valence-corrected chi connectivity index (χ4v) is 3.90. The molecule has 0 spiro atoms. The van der Waals surface area contributed by atoms with E-state index in [0.29, 0.717) is 6.54 Å². The van der Waals surface area contributed by atoms with Crippen LogP contribution in [0.25, 0.3) is 11.4 Å². The Balaban J connectivity index is 1.57. The second-order valence-corrected chi connectivity index (χ2v) is 7.71. The SMILES string of the molecule is Cc1cc(C)c(CN[C@@H](C)c2cnn(-c3cccc(F)c3)c2C)c(-n2cccn2)c1. The molecule has 0 bridgehead atoms. The molecule has 2 aromatic carbocycles. The minimum Gasteiger partial charge on any atom is -0.306 e. The molecule has 0 saturated carbocycles. The van der Waals surface area contributed by atoms with E-state index in [1.807, 2.05) is 36.1 Å². The van der Waals surface area contributed by atoms with Crippen LogP contribution in [-0.2, 0) is 6.54 Å². The van der Waals surface area contributed by atoms with Gasteiger partial charge in [0.25, 0.3) is 0 Å². The Labute approximate surface area is 176 Å². The maximum absolute atomic E-state index is 13.6. The quantitative estimate of drug-likeness (QED) is 0.494. The van der Waals surface area contributed by atoms with E-state index < -0.39 is 0 Å². The predicted molar refractivity (Wildman–Crippen MR) is 117 cm³/mol. The van der Waals surface area contributed by atoms with Gasteiger partial charge in [0.05, 0.1) is 17.6 Å². The van der Waals surface area contributed by atoms with Gasteiger partial charge in [0.15, 0.2) is 0 Å². The number of hydrogen-bond acceptors (Lipinski definition) is 3. The highest BCUT2D eigenvalue weighted by atomic mass is 19.1. The average Bonchev–Trinajstić information content (AvgIpc) is 3.36. The van der Waals surface area contributed by atoms with Crippen LogP contribution >= 0.6 is 0 Å². The van der Waals surface area contributed by atoms with E-state index in [-0.39, 0.29) is 11.9 Å². The zero-order valence-corrected chi connectivity index (χ0v) is 17.7. The molecule has 0 aliphatic rings. The molecular weight excluding hydrogens is 377 g/mol. The van der Waals surface area contributed by atoms with Crippen molar-refractivity contribution in [2.24, 2.45) is 0 Å². The van der Waals surface area contributed by atoms with Crippen molar-refractivity contribution >= 4 is 0 Å². The first kappa shape index (κ1) is 20.0. The van der Waals surface area contributed by atoms with Gasteiger partial charge < -0.3 is 5.32 Å². The van der Waals surface area contributed by atoms with Crippen molar-refractivity contribution in [1.82, 2.24) is 24.9 Å². The number of rotatable bonds is 6. The van der Waals surface area contributed by atoms with Gasteiger partial charge in [0.2, 0.25) is 0 Å². The van der Waals surface area contributed by atoms with Crippen molar-refractivity contribution in [3.63, 3.8) is 0 Å². The predicted octanol–water partition coefficient (Wildman–Crippen LogP) is 4.97. The molecule has 0 saturated heterocycles. The van der Waals surface area contributed by atoms with E-state index in [2.05, 4.69) is 48.4 Å². The lowest BCUT2D eigenvalue weighted by Gasteiger charge is -2.18. The van der Waals surface area contributed by atoms with Crippen LogP contribution in [-0.4, -0.2) is 19.6 Å². The smallest absolute Gasteiger partial charge is 0.125 e. The Morgan fingerprint density at radius 1 is 1.07 bits per heavy atom. The Bertz CT molecular complexity index is 1160. The van der Waals surface area contributed by atoms with Crippen molar-refractivity contribution in [2.75, 3.05) is 0 Å². The van der Waals surface area contributed by atoms with Gasteiger partial charge in [0.1, 0.15) is 5.82 Å². The summed E-state index contributed by atoms with van der Waals surface area (Å²) in [7, 11) is 0. The molecule has 2 aromatic heterocycles. The van der Waals surface area contributed by atoms with Crippen LogP contribution in [0.5, 0.6) is 0 Å². The van der Waals surface area contributed by atoms with E-state index in [1.165, 1.54) is 28.8 Å². The van der Waals surface area contributed by atoms with Gasteiger partial charge in [-0.3, -0.25) is 0 Å². The lowest BCUT2D eigenvalue weighted by Crippen LogP contribution is -2.20. The summed E-state index contributed by atoms with van der Waals surface area (Å²) in [6.45, 7) is 9.07. The average molecular weight is 404 g/mol. The molecule has 2 heterocycles. The number of aromatic nitrogens is 4. The maximum atomic E-state index is 13.6. The second-order valence-electron chi connectivity index (χ2n) is 7.71. The Kier molecular flexibility index (Phi) is 5.50. The van der Waals surface area contributed by atoms with Crippen molar-refractivity contribution in [1.29, 1.82) is 0 Å². The highest BCUT2D eigenvalue weighted by Crippen LogP contribution is 2.24. The first-order valence-corrected chi connectivity index (χ1v) is 10.1. The van der Waals surface area contributed by atoms with Gasteiger partial charge in [-0.15, -0.1) is 0 Å². The first-order chi connectivity index (χ1) is 14.4. The molecule has 0 unspecified atom stereocenters. The molecule has 154 valence electrons. The minimum absolute atomic E-state index is 0.0819. The lowest BCUT2D eigenvalue weighted by atomic mass is 10.0. The summed E-state index contributed by atoms with van der Waals surface area (Å²) in [5.41, 5.74) is 7.55. The fourth-order valence-electron chi connectivity index (χ4n) is 3.90. The van der Waals surface area contributed by atoms with Crippen molar-refractivity contribution in [3.05, 3.63) is 94.8 Å². The summed E-state index contributed by atoms with van der Waals surface area (Å²) in [5.74, 6) is -0.267. The number of nitrogens with one attached hydrogen (secondary N) is 1. The third-order valence-electron chi connectivity index (χ3n) is 5.50. The second kappa shape index (κ2) is 8.24. The van der Waals surface area contributed by atoms with Crippen LogP contribution in [0.1, 0.15) is 40.9 Å². The molecule has 0 fully saturated rings. The summed E-state index contributed by atoms with van der Waals surface area (Å²) < 4.78 is 17.3. The Morgan fingerprint density at radius 2 is 1.90 bits per heavy atom. The molecule has 6 heteroatoms. The summed E-state index contributed by atoms with van der Waals surface area (Å²) in [6.07, 6.45) is 5.62. The van der Waals surface area contributed by atoms with Crippen LogP contribution in [0.3, 0.4) is 0 Å². The molecular formula is C24H26FN5. The van der Waals surface area contributed by atoms with Crippen LogP contribution in [0, 0.1) is 26.6 Å². The van der Waals surface area contributed by atoms with Gasteiger partial charge in [-0.1, -0.05) is 12.1 Å². The summed E-state index contributed by atoms with van der Waals surface area (Å²) in [6, 6.07) is 12.9. The van der Waals surface area contributed by atoms with E-state index in [4.69, 9.17) is 0 Å². The Hall–Kier alpha value is -3.25. The summed E-state index contributed by atoms with van der Waals surface area (Å²) in [5, 5.41) is 12.5. The van der Waals surface area contributed by atoms with Crippen LogP contribution < -0.4 is 5.32 Å². The summed E-state index contributed by atoms with van der Waals surface area (Å²) in [4.78, 5) is 0. The third-order valence-corrected chi connectivity index (χ3v) is 5.50. The van der Waals surface area contributed by atoms with E-state index in [0.717, 1.165) is 22.6 Å². The summed E-state index contributed by atoms with van der Waals surface area (Å²) >= 11 is 0. The molecule has 4 aromatic rings. The molecule has 0 amide bonds. The molecule has 4 rings (SSSR count). The number of hydrogen-bond donors (Lipinski definition) is 1. The standard InChI is InChI=1S/C24H26FN5/c1-16-11-17(2)22(24(12-16)29-10-6-9-27-29)14-26-18(3)23-15-28-30(19(23)4)21-8-5-7-20(25)13-21/h5-13,15,18,26H,14H2,1-4H3/t18-/m0/s1. The largest absolute Gasteiger partial charge is 0.306 e. The zero-order chi connectivity index (χ0) is 21.3. The van der Waals surface area contributed by atoms with Crippen molar-refractivity contribution in [3.8, 4) is 11.4 Å². The molecule has 1 atom stereocenters. The van der Waals surface area contributed by atoms with Gasteiger partial charge in [-0.25, -0.2) is 13.8 Å². The molecule has 0 aliphatic heterocycles. The molecule has 5 nitrogen and oxygen atoms in total. The van der Waals surface area contributed by atoms with Gasteiger partial charge in [-0.05, 0) is 74.7 Å². The van der Waals surface area contributed by atoms with Gasteiger partial charge in [-0.2, -0.15) is 10.2 Å². The monoisotopic (exact) mass is 403 g/mol. The van der Waals surface area contributed by atoms with Crippen molar-refractivity contribution < 1.29 is 4.39 Å². The zero-order valence-electron chi connectivity index (χ0n) is 17.7. The highest BCUT2D eigenvalue weighted by molar-refractivity contribution is 5.48. The topological polar surface area (TPSA) is 47.7 Å². The van der Waals surface area contributed by atoms with Crippen LogP contribution in [0.15, 0.2) is 61.1 Å². The Morgan fingerprint density at radius 3 is 2.63 bits per heavy atom. The normalized spacial score (nSPS) is 12.3. The number of benzene rings is 2. The van der Waals surface area contributed by atoms with Gasteiger partial charge >= 0.3 is 0 Å². The highest BCUT2D eigenvalue weighted by Gasteiger charge is 2.16.